The van der Waals surface area contributed by atoms with Crippen molar-refractivity contribution in [1.82, 2.24) is 5.32 Å². The summed E-state index contributed by atoms with van der Waals surface area (Å²) in [5, 5.41) is 14.9. The fourth-order valence-corrected chi connectivity index (χ4v) is 3.21. The Labute approximate surface area is 169 Å². The lowest BCUT2D eigenvalue weighted by molar-refractivity contribution is -0.141. The Morgan fingerprint density at radius 1 is 1.10 bits per heavy atom. The summed E-state index contributed by atoms with van der Waals surface area (Å²) in [6.07, 6.45) is 1.41. The Bertz CT molecular complexity index is 863. The van der Waals surface area contributed by atoms with Crippen molar-refractivity contribution in [1.29, 1.82) is 0 Å². The van der Waals surface area contributed by atoms with Crippen LogP contribution in [0.15, 0.2) is 54.6 Å². The molecule has 1 saturated heterocycles. The van der Waals surface area contributed by atoms with E-state index in [1.165, 1.54) is 0 Å². The first kappa shape index (κ1) is 20.5. The first-order valence-electron chi connectivity index (χ1n) is 9.60. The molecule has 3 N–H and O–H groups in total. The second-order valence-electron chi connectivity index (χ2n) is 7.01. The summed E-state index contributed by atoms with van der Waals surface area (Å²) in [7, 11) is 0. The molecule has 7 heteroatoms. The van der Waals surface area contributed by atoms with Crippen LogP contribution in [0.25, 0.3) is 0 Å². The van der Waals surface area contributed by atoms with Crippen molar-refractivity contribution in [2.75, 3.05) is 18.5 Å². The van der Waals surface area contributed by atoms with Crippen molar-refractivity contribution in [3.05, 3.63) is 65.7 Å². The molecule has 2 unspecified atom stereocenters. The number of ether oxygens (including phenoxy) is 1. The lowest BCUT2D eigenvalue weighted by Crippen LogP contribution is -2.34. The molecular formula is C22H24N2O5. The van der Waals surface area contributed by atoms with Gasteiger partial charge in [0.2, 0.25) is 0 Å². The van der Waals surface area contributed by atoms with Gasteiger partial charge in [-0.1, -0.05) is 36.4 Å². The molecule has 0 aliphatic carbocycles. The molecule has 1 heterocycles. The maximum atomic E-state index is 12.5. The number of carboxylic acids is 1. The molecule has 152 valence electrons. The maximum Gasteiger partial charge on any atom is 0.308 e. The molecule has 2 aromatic carbocycles. The van der Waals surface area contributed by atoms with Gasteiger partial charge < -0.3 is 20.5 Å². The van der Waals surface area contributed by atoms with E-state index in [1.54, 1.807) is 24.3 Å². The molecule has 2 atom stereocenters. The molecule has 1 aliphatic rings. The van der Waals surface area contributed by atoms with Crippen LogP contribution in [-0.4, -0.2) is 42.1 Å². The van der Waals surface area contributed by atoms with Gasteiger partial charge in [0.15, 0.2) is 0 Å². The SMILES string of the molecule is O=C(NCC(Cc1ccccc1)C(=O)O)c1cccc(NC(=O)C2CCCO2)c1. The number of carbonyl (C=O) groups excluding carboxylic acids is 2. The number of aliphatic carboxylic acids is 1. The van der Waals surface area contributed by atoms with Crippen LogP contribution in [0.5, 0.6) is 0 Å². The van der Waals surface area contributed by atoms with Crippen molar-refractivity contribution in [2.24, 2.45) is 5.92 Å². The minimum Gasteiger partial charge on any atom is -0.481 e. The molecule has 0 spiro atoms. The van der Waals surface area contributed by atoms with Crippen molar-refractivity contribution in [3.8, 4) is 0 Å². The molecule has 29 heavy (non-hydrogen) atoms. The summed E-state index contributed by atoms with van der Waals surface area (Å²) < 4.78 is 5.35. The first-order valence-corrected chi connectivity index (χ1v) is 9.60. The summed E-state index contributed by atoms with van der Waals surface area (Å²) >= 11 is 0. The predicted octanol–water partition coefficient (Wildman–Crippen LogP) is 2.48. The van der Waals surface area contributed by atoms with Crippen molar-refractivity contribution in [2.45, 2.75) is 25.4 Å². The minimum atomic E-state index is -0.966. The van der Waals surface area contributed by atoms with Gasteiger partial charge in [0.1, 0.15) is 6.10 Å². The Morgan fingerprint density at radius 3 is 2.59 bits per heavy atom. The second kappa shape index (κ2) is 9.84. The summed E-state index contributed by atoms with van der Waals surface area (Å²) in [5.74, 6) is -2.32. The molecule has 3 rings (SSSR count). The highest BCUT2D eigenvalue weighted by Crippen LogP contribution is 2.16. The number of amides is 2. The zero-order valence-corrected chi connectivity index (χ0v) is 16.0. The van der Waals surface area contributed by atoms with Gasteiger partial charge in [-0.2, -0.15) is 0 Å². The summed E-state index contributed by atoms with van der Waals surface area (Å²) in [5.41, 5.74) is 1.74. The van der Waals surface area contributed by atoms with Crippen molar-refractivity contribution in [3.63, 3.8) is 0 Å². The minimum absolute atomic E-state index is 0.00949. The molecule has 2 amide bonds. The smallest absolute Gasteiger partial charge is 0.308 e. The number of hydrogen-bond donors (Lipinski definition) is 3. The van der Waals surface area contributed by atoms with E-state index in [4.69, 9.17) is 4.74 Å². The van der Waals surface area contributed by atoms with Crippen LogP contribution in [0.1, 0.15) is 28.8 Å². The third kappa shape index (κ3) is 5.89. The van der Waals surface area contributed by atoms with E-state index in [0.717, 1.165) is 12.0 Å². The standard InChI is InChI=1S/C22H24N2O5/c25-20(23-14-17(22(27)28)12-15-6-2-1-3-7-15)16-8-4-9-18(13-16)24-21(26)19-10-5-11-29-19/h1-4,6-9,13,17,19H,5,10-12,14H2,(H,23,25)(H,24,26)(H,27,28). The van der Waals surface area contributed by atoms with E-state index >= 15 is 0 Å². The average molecular weight is 396 g/mol. The first-order chi connectivity index (χ1) is 14.0. The van der Waals surface area contributed by atoms with Gasteiger partial charge in [-0.25, -0.2) is 0 Å². The van der Waals surface area contributed by atoms with Crippen molar-refractivity contribution < 1.29 is 24.2 Å². The Morgan fingerprint density at radius 2 is 1.90 bits per heavy atom. The van der Waals surface area contributed by atoms with Gasteiger partial charge in [0.05, 0.1) is 5.92 Å². The molecule has 7 nitrogen and oxygen atoms in total. The van der Waals surface area contributed by atoms with Crippen LogP contribution in [0, 0.1) is 5.92 Å². The largest absolute Gasteiger partial charge is 0.481 e. The second-order valence-corrected chi connectivity index (χ2v) is 7.01. The Kier molecular flexibility index (Phi) is 6.97. The highest BCUT2D eigenvalue weighted by molar-refractivity contribution is 5.98. The van der Waals surface area contributed by atoms with Gasteiger partial charge in [0, 0.05) is 24.4 Å². The number of carbonyl (C=O) groups is 3. The van der Waals surface area contributed by atoms with Crippen molar-refractivity contribution >= 4 is 23.5 Å². The lowest BCUT2D eigenvalue weighted by Gasteiger charge is -2.14. The maximum absolute atomic E-state index is 12.5. The third-order valence-electron chi connectivity index (χ3n) is 4.80. The van der Waals surface area contributed by atoms with Gasteiger partial charge in [-0.3, -0.25) is 14.4 Å². The molecule has 0 aromatic heterocycles. The van der Waals surface area contributed by atoms with Crippen LogP contribution in [0.2, 0.25) is 0 Å². The number of carboxylic acid groups (broad SMARTS) is 1. The van der Waals surface area contributed by atoms with Crippen LogP contribution >= 0.6 is 0 Å². The van der Waals surface area contributed by atoms with E-state index in [0.29, 0.717) is 30.7 Å². The highest BCUT2D eigenvalue weighted by atomic mass is 16.5. The number of rotatable bonds is 8. The topological polar surface area (TPSA) is 105 Å². The summed E-state index contributed by atoms with van der Waals surface area (Å²) in [4.78, 5) is 36.2. The number of hydrogen-bond acceptors (Lipinski definition) is 4. The molecule has 1 fully saturated rings. The molecule has 0 saturated carbocycles. The van der Waals surface area contributed by atoms with Gasteiger partial charge >= 0.3 is 5.97 Å². The molecule has 1 aliphatic heterocycles. The highest BCUT2D eigenvalue weighted by Gasteiger charge is 2.24. The van der Waals surface area contributed by atoms with E-state index in [-0.39, 0.29) is 12.5 Å². The van der Waals surface area contributed by atoms with Crippen LogP contribution in [0.3, 0.4) is 0 Å². The van der Waals surface area contributed by atoms with Gasteiger partial charge in [-0.15, -0.1) is 0 Å². The van der Waals surface area contributed by atoms with Crippen LogP contribution in [0.4, 0.5) is 5.69 Å². The summed E-state index contributed by atoms with van der Waals surface area (Å²) in [6.45, 7) is 0.587. The summed E-state index contributed by atoms with van der Waals surface area (Å²) in [6, 6.07) is 15.8. The van der Waals surface area contributed by atoms with E-state index in [1.807, 2.05) is 30.3 Å². The Balaban J connectivity index is 1.58. The zero-order valence-electron chi connectivity index (χ0n) is 16.0. The average Bonchev–Trinajstić information content (AvgIpc) is 3.27. The van der Waals surface area contributed by atoms with E-state index in [9.17, 15) is 19.5 Å². The molecule has 2 aromatic rings. The van der Waals surface area contributed by atoms with Gasteiger partial charge in [0.25, 0.3) is 11.8 Å². The molecular weight excluding hydrogens is 372 g/mol. The van der Waals surface area contributed by atoms with E-state index in [2.05, 4.69) is 10.6 Å². The normalized spacial score (nSPS) is 16.8. The van der Waals surface area contributed by atoms with Gasteiger partial charge in [-0.05, 0) is 43.0 Å². The third-order valence-corrected chi connectivity index (χ3v) is 4.80. The zero-order chi connectivity index (χ0) is 20.6. The molecule has 0 radical (unpaired) electrons. The monoisotopic (exact) mass is 396 g/mol. The quantitative estimate of drug-likeness (QED) is 0.636. The number of anilines is 1. The fraction of sp³-hybridized carbons (Fsp3) is 0.318. The van der Waals surface area contributed by atoms with E-state index < -0.39 is 23.9 Å². The fourth-order valence-electron chi connectivity index (χ4n) is 3.21. The Hall–Kier alpha value is -3.19. The lowest BCUT2D eigenvalue weighted by atomic mass is 9.99. The number of benzene rings is 2. The van der Waals surface area contributed by atoms with Crippen LogP contribution in [-0.2, 0) is 20.7 Å². The van der Waals surface area contributed by atoms with Crippen LogP contribution < -0.4 is 10.6 Å². The predicted molar refractivity (Wildman–Crippen MR) is 108 cm³/mol. The number of nitrogens with one attached hydrogen (secondary N) is 2. The molecule has 0 bridgehead atoms.